The molecule has 122 valence electrons. The zero-order valence-electron chi connectivity index (χ0n) is 12.2. The van der Waals surface area contributed by atoms with Crippen LogP contribution in [0.25, 0.3) is 0 Å². The Kier molecular flexibility index (Phi) is 5.36. The number of rotatable bonds is 5. The summed E-state index contributed by atoms with van der Waals surface area (Å²) in [4.78, 5) is 12.0. The molecule has 1 amide bonds. The van der Waals surface area contributed by atoms with Crippen molar-refractivity contribution < 1.29 is 22.4 Å². The minimum absolute atomic E-state index is 0.167. The lowest BCUT2D eigenvalue weighted by atomic mass is 10.1. The smallest absolute Gasteiger partial charge is 0.352 e. The average Bonchev–Trinajstić information content (AvgIpc) is 2.54. The molecule has 0 fully saturated rings. The van der Waals surface area contributed by atoms with Gasteiger partial charge in [-0.3, -0.25) is 4.79 Å². The highest BCUT2D eigenvalue weighted by Crippen LogP contribution is 2.29. The fourth-order valence-electron chi connectivity index (χ4n) is 2.18. The van der Waals surface area contributed by atoms with Crippen molar-refractivity contribution in [3.8, 4) is 0 Å². The maximum absolute atomic E-state index is 12.8. The van der Waals surface area contributed by atoms with Gasteiger partial charge in [-0.15, -0.1) is 0 Å². The molecule has 0 spiro atoms. The molecule has 2 rings (SSSR count). The van der Waals surface area contributed by atoms with Gasteiger partial charge < -0.3 is 5.32 Å². The van der Waals surface area contributed by atoms with Gasteiger partial charge in [0, 0.05) is 12.1 Å². The molecule has 0 radical (unpaired) electrons. The van der Waals surface area contributed by atoms with Crippen LogP contribution in [0.3, 0.4) is 0 Å². The summed E-state index contributed by atoms with van der Waals surface area (Å²) < 4.78 is 50.7. The molecule has 0 aliphatic rings. The topological polar surface area (TPSA) is 29.1 Å². The summed E-state index contributed by atoms with van der Waals surface area (Å²) in [5.41, 5.74) is 0.270. The molecular weight excluding hydrogens is 310 g/mol. The summed E-state index contributed by atoms with van der Waals surface area (Å²) in [5.74, 6) is -0.440. The van der Waals surface area contributed by atoms with E-state index in [0.717, 1.165) is 12.1 Å². The van der Waals surface area contributed by atoms with E-state index in [0.29, 0.717) is 5.56 Å². The summed E-state index contributed by atoms with van der Waals surface area (Å²) in [6, 6.07) is 11.2. The van der Waals surface area contributed by atoms with Crippen molar-refractivity contribution >= 4 is 5.91 Å². The summed E-state index contributed by atoms with van der Waals surface area (Å²) >= 11 is 0. The van der Waals surface area contributed by atoms with E-state index in [9.17, 15) is 22.4 Å². The number of halogens is 4. The third kappa shape index (κ3) is 4.55. The Labute approximate surface area is 131 Å². The van der Waals surface area contributed by atoms with Crippen molar-refractivity contribution in [2.45, 2.75) is 19.3 Å². The van der Waals surface area contributed by atoms with E-state index in [1.54, 1.807) is 18.2 Å². The maximum Gasteiger partial charge on any atom is 0.416 e. The fraction of sp³-hybridized carbons (Fsp3) is 0.235. The SMILES string of the molecule is O=C(NCCc1cccc(C(F)(F)F)c1)c1ccccc1CF. The van der Waals surface area contributed by atoms with Crippen molar-refractivity contribution in [3.05, 3.63) is 70.8 Å². The van der Waals surface area contributed by atoms with E-state index in [4.69, 9.17) is 0 Å². The van der Waals surface area contributed by atoms with Gasteiger partial charge in [0.05, 0.1) is 5.56 Å². The van der Waals surface area contributed by atoms with Crippen LogP contribution in [-0.2, 0) is 19.3 Å². The van der Waals surface area contributed by atoms with Gasteiger partial charge in [0.1, 0.15) is 6.67 Å². The van der Waals surface area contributed by atoms with Gasteiger partial charge in [-0.1, -0.05) is 36.4 Å². The lowest BCUT2D eigenvalue weighted by molar-refractivity contribution is -0.137. The molecule has 2 aromatic rings. The van der Waals surface area contributed by atoms with Crippen LogP contribution in [0.5, 0.6) is 0 Å². The minimum atomic E-state index is -4.39. The van der Waals surface area contributed by atoms with E-state index >= 15 is 0 Å². The van der Waals surface area contributed by atoms with Crippen LogP contribution in [0.2, 0.25) is 0 Å². The molecule has 0 aliphatic carbocycles. The third-order valence-corrected chi connectivity index (χ3v) is 3.36. The highest BCUT2D eigenvalue weighted by atomic mass is 19.4. The molecule has 0 atom stereocenters. The monoisotopic (exact) mass is 325 g/mol. The van der Waals surface area contributed by atoms with Crippen LogP contribution in [-0.4, -0.2) is 12.5 Å². The van der Waals surface area contributed by atoms with Gasteiger partial charge in [-0.05, 0) is 29.7 Å². The molecule has 1 N–H and O–H groups in total. The number of benzene rings is 2. The van der Waals surface area contributed by atoms with Crippen LogP contribution in [0.4, 0.5) is 17.6 Å². The predicted octanol–water partition coefficient (Wildman–Crippen LogP) is 4.15. The number of amides is 1. The molecule has 0 aliphatic heterocycles. The quantitative estimate of drug-likeness (QED) is 0.822. The molecule has 0 aromatic heterocycles. The molecule has 0 saturated carbocycles. The maximum atomic E-state index is 12.8. The zero-order valence-corrected chi connectivity index (χ0v) is 12.2. The number of hydrogen-bond acceptors (Lipinski definition) is 1. The molecule has 0 heterocycles. The predicted molar refractivity (Wildman–Crippen MR) is 78.7 cm³/mol. The van der Waals surface area contributed by atoms with E-state index in [1.165, 1.54) is 18.2 Å². The Morgan fingerprint density at radius 2 is 1.78 bits per heavy atom. The highest BCUT2D eigenvalue weighted by Gasteiger charge is 2.30. The Morgan fingerprint density at radius 3 is 2.48 bits per heavy atom. The number of carbonyl (C=O) groups excluding carboxylic acids is 1. The van der Waals surface area contributed by atoms with Gasteiger partial charge >= 0.3 is 6.18 Å². The van der Waals surface area contributed by atoms with Gasteiger partial charge in [0.25, 0.3) is 5.91 Å². The van der Waals surface area contributed by atoms with Crippen molar-refractivity contribution in [3.63, 3.8) is 0 Å². The largest absolute Gasteiger partial charge is 0.416 e. The molecule has 23 heavy (non-hydrogen) atoms. The van der Waals surface area contributed by atoms with E-state index < -0.39 is 24.3 Å². The number of alkyl halides is 4. The van der Waals surface area contributed by atoms with Crippen LogP contribution in [0, 0.1) is 0 Å². The number of nitrogens with one attached hydrogen (secondary N) is 1. The van der Waals surface area contributed by atoms with Gasteiger partial charge in [-0.2, -0.15) is 13.2 Å². The molecule has 0 unspecified atom stereocenters. The minimum Gasteiger partial charge on any atom is -0.352 e. The van der Waals surface area contributed by atoms with Crippen LogP contribution in [0.1, 0.15) is 27.0 Å². The first-order chi connectivity index (χ1) is 10.9. The first kappa shape index (κ1) is 17.0. The van der Waals surface area contributed by atoms with Gasteiger partial charge in [0.15, 0.2) is 0 Å². The first-order valence-corrected chi connectivity index (χ1v) is 7.00. The molecule has 6 heteroatoms. The van der Waals surface area contributed by atoms with Gasteiger partial charge in [-0.25, -0.2) is 4.39 Å². The van der Waals surface area contributed by atoms with E-state index in [2.05, 4.69) is 5.32 Å². The van der Waals surface area contributed by atoms with Crippen molar-refractivity contribution in [1.29, 1.82) is 0 Å². The third-order valence-electron chi connectivity index (χ3n) is 3.36. The summed E-state index contributed by atoms with van der Waals surface area (Å²) in [6.07, 6.45) is -4.13. The lowest BCUT2D eigenvalue weighted by Crippen LogP contribution is -2.26. The summed E-state index contributed by atoms with van der Waals surface area (Å²) in [5, 5.41) is 2.59. The first-order valence-electron chi connectivity index (χ1n) is 7.00. The van der Waals surface area contributed by atoms with Crippen LogP contribution in [0.15, 0.2) is 48.5 Å². The van der Waals surface area contributed by atoms with Crippen molar-refractivity contribution in [2.75, 3.05) is 6.54 Å². The molecule has 0 saturated heterocycles. The zero-order chi connectivity index (χ0) is 16.9. The Hall–Kier alpha value is -2.37. The lowest BCUT2D eigenvalue weighted by Gasteiger charge is -2.10. The fourth-order valence-corrected chi connectivity index (χ4v) is 2.18. The van der Waals surface area contributed by atoms with Crippen molar-refractivity contribution in [1.82, 2.24) is 5.32 Å². The Balaban J connectivity index is 1.96. The molecule has 2 nitrogen and oxygen atoms in total. The van der Waals surface area contributed by atoms with Crippen LogP contribution < -0.4 is 5.32 Å². The van der Waals surface area contributed by atoms with E-state index in [1.807, 2.05) is 0 Å². The molecular formula is C17H15F4NO. The van der Waals surface area contributed by atoms with Crippen molar-refractivity contribution in [2.24, 2.45) is 0 Å². The van der Waals surface area contributed by atoms with E-state index in [-0.39, 0.29) is 24.1 Å². The second kappa shape index (κ2) is 7.26. The van der Waals surface area contributed by atoms with Crippen LogP contribution >= 0.6 is 0 Å². The highest BCUT2D eigenvalue weighted by molar-refractivity contribution is 5.95. The standard InChI is InChI=1S/C17H15F4NO/c18-11-13-5-1-2-7-15(13)16(23)22-9-8-12-4-3-6-14(10-12)17(19,20)21/h1-7,10H,8-9,11H2,(H,22,23). The average molecular weight is 325 g/mol. The normalized spacial score (nSPS) is 11.3. The Morgan fingerprint density at radius 1 is 1.04 bits per heavy atom. The second-order valence-electron chi connectivity index (χ2n) is 4.99. The summed E-state index contributed by atoms with van der Waals surface area (Å²) in [7, 11) is 0. The molecule has 2 aromatic carbocycles. The summed E-state index contributed by atoms with van der Waals surface area (Å²) in [6.45, 7) is -0.585. The number of carbonyl (C=O) groups is 1. The number of hydrogen-bond donors (Lipinski definition) is 1. The second-order valence-corrected chi connectivity index (χ2v) is 4.99. The Bertz CT molecular complexity index is 682. The molecule has 0 bridgehead atoms. The van der Waals surface area contributed by atoms with Gasteiger partial charge in [0.2, 0.25) is 0 Å².